The van der Waals surface area contributed by atoms with Crippen LogP contribution in [0.2, 0.25) is 0 Å². The Labute approximate surface area is 326 Å². The van der Waals surface area contributed by atoms with Gasteiger partial charge >= 0.3 is 0 Å². The first-order chi connectivity index (χ1) is 27.7. The number of para-hydroxylation sites is 2. The molecule has 260 valence electrons. The Bertz CT molecular complexity index is 3540. The van der Waals surface area contributed by atoms with Gasteiger partial charge in [0.25, 0.3) is 0 Å². The second-order valence-corrected chi connectivity index (χ2v) is 15.7. The molecule has 0 aliphatic rings. The molecule has 0 fully saturated rings. The SMILES string of the molecule is c1ccc2cc(-c3nc(-n4c5ccccc5c5c6ccc(-c7ccc(-c8ccc9sc%10ccccc%10c9c8)cc7)cc6ccc54)nc4ccccc34)ccc2c1. The normalized spacial score (nSPS) is 11.9. The van der Waals surface area contributed by atoms with Crippen molar-refractivity contribution in [1.82, 2.24) is 14.5 Å². The van der Waals surface area contributed by atoms with E-state index in [2.05, 4.69) is 193 Å². The lowest BCUT2D eigenvalue weighted by Gasteiger charge is -2.12. The van der Waals surface area contributed by atoms with Crippen molar-refractivity contribution < 1.29 is 0 Å². The summed E-state index contributed by atoms with van der Waals surface area (Å²) in [5.74, 6) is 0.667. The molecule has 12 rings (SSSR count). The van der Waals surface area contributed by atoms with Gasteiger partial charge < -0.3 is 0 Å². The van der Waals surface area contributed by atoms with Gasteiger partial charge in [0.1, 0.15) is 0 Å². The smallest absolute Gasteiger partial charge is 0.235 e. The van der Waals surface area contributed by atoms with Gasteiger partial charge in [-0.15, -0.1) is 11.3 Å². The number of fused-ring (bicyclic) bond motifs is 10. The van der Waals surface area contributed by atoms with E-state index in [1.54, 1.807) is 0 Å². The van der Waals surface area contributed by atoms with Crippen molar-refractivity contribution in [3.05, 3.63) is 188 Å². The minimum Gasteiger partial charge on any atom is -0.278 e. The summed E-state index contributed by atoms with van der Waals surface area (Å²) in [5.41, 5.74) is 9.96. The van der Waals surface area contributed by atoms with Gasteiger partial charge in [-0.2, -0.15) is 0 Å². The van der Waals surface area contributed by atoms with Gasteiger partial charge in [0, 0.05) is 41.9 Å². The Morgan fingerprint density at radius 3 is 1.86 bits per heavy atom. The minimum absolute atomic E-state index is 0.667. The van der Waals surface area contributed by atoms with E-state index in [9.17, 15) is 0 Å². The van der Waals surface area contributed by atoms with Crippen LogP contribution in [0.4, 0.5) is 0 Å². The molecule has 0 unspecified atom stereocenters. The molecule has 4 heteroatoms. The predicted molar refractivity (Wildman–Crippen MR) is 238 cm³/mol. The highest BCUT2D eigenvalue weighted by molar-refractivity contribution is 7.25. The molecule has 3 heterocycles. The largest absolute Gasteiger partial charge is 0.278 e. The van der Waals surface area contributed by atoms with Crippen LogP contribution in [0, 0.1) is 0 Å². The maximum absolute atomic E-state index is 5.36. The second-order valence-electron chi connectivity index (χ2n) is 14.6. The molecule has 0 radical (unpaired) electrons. The van der Waals surface area contributed by atoms with E-state index < -0.39 is 0 Å². The number of hydrogen-bond acceptors (Lipinski definition) is 3. The zero-order valence-corrected chi connectivity index (χ0v) is 31.0. The van der Waals surface area contributed by atoms with E-state index in [0.717, 1.165) is 33.2 Å². The van der Waals surface area contributed by atoms with Crippen LogP contribution in [0.15, 0.2) is 188 Å². The second kappa shape index (κ2) is 12.2. The number of thiophene rings is 1. The average molecular weight is 730 g/mol. The summed E-state index contributed by atoms with van der Waals surface area (Å²) in [6.07, 6.45) is 0. The van der Waals surface area contributed by atoms with Crippen molar-refractivity contribution in [3.8, 4) is 39.5 Å². The third-order valence-corrected chi connectivity index (χ3v) is 12.5. The van der Waals surface area contributed by atoms with Crippen molar-refractivity contribution in [2.24, 2.45) is 0 Å². The predicted octanol–water partition coefficient (Wildman–Crippen LogP) is 14.4. The zero-order chi connectivity index (χ0) is 36.7. The molecule has 56 heavy (non-hydrogen) atoms. The van der Waals surface area contributed by atoms with E-state index in [4.69, 9.17) is 9.97 Å². The van der Waals surface area contributed by atoms with E-state index in [1.165, 1.54) is 74.7 Å². The van der Waals surface area contributed by atoms with Crippen molar-refractivity contribution in [1.29, 1.82) is 0 Å². The molecule has 0 spiro atoms. The Morgan fingerprint density at radius 1 is 0.357 bits per heavy atom. The Balaban J connectivity index is 0.972. The summed E-state index contributed by atoms with van der Waals surface area (Å²) in [7, 11) is 0. The lowest BCUT2D eigenvalue weighted by Crippen LogP contribution is -2.03. The van der Waals surface area contributed by atoms with Crippen molar-refractivity contribution >= 4 is 85.8 Å². The summed E-state index contributed by atoms with van der Waals surface area (Å²) in [4.78, 5) is 10.6. The molecule has 0 aliphatic carbocycles. The molecule has 0 amide bonds. The first kappa shape index (κ1) is 31.2. The van der Waals surface area contributed by atoms with Crippen molar-refractivity contribution in [3.63, 3.8) is 0 Å². The quantitative estimate of drug-likeness (QED) is 0.181. The Morgan fingerprint density at radius 2 is 0.982 bits per heavy atom. The lowest BCUT2D eigenvalue weighted by atomic mass is 9.96. The highest BCUT2D eigenvalue weighted by Crippen LogP contribution is 2.40. The molecular weight excluding hydrogens is 699 g/mol. The van der Waals surface area contributed by atoms with E-state index in [1.807, 2.05) is 11.3 Å². The molecule has 0 bridgehead atoms. The van der Waals surface area contributed by atoms with Crippen LogP contribution in [0.5, 0.6) is 0 Å². The van der Waals surface area contributed by atoms with Gasteiger partial charge in [-0.1, -0.05) is 140 Å². The molecule has 0 atom stereocenters. The van der Waals surface area contributed by atoms with Crippen LogP contribution in [-0.4, -0.2) is 14.5 Å². The maximum atomic E-state index is 5.36. The number of aromatic nitrogens is 3. The maximum Gasteiger partial charge on any atom is 0.235 e. The fraction of sp³-hybridized carbons (Fsp3) is 0. The van der Waals surface area contributed by atoms with Crippen LogP contribution in [-0.2, 0) is 0 Å². The van der Waals surface area contributed by atoms with Crippen LogP contribution < -0.4 is 0 Å². The summed E-state index contributed by atoms with van der Waals surface area (Å²) >= 11 is 1.86. The summed E-state index contributed by atoms with van der Waals surface area (Å²) < 4.78 is 4.90. The number of benzene rings is 9. The number of hydrogen-bond donors (Lipinski definition) is 0. The molecular formula is C52H31N3S. The third-order valence-electron chi connectivity index (χ3n) is 11.4. The number of nitrogens with zero attached hydrogens (tertiary/aromatic N) is 3. The van der Waals surface area contributed by atoms with Gasteiger partial charge in [-0.05, 0) is 92.3 Å². The standard InChI is InChI=1S/C52H31N3S/c1-2-10-35-30-39(22-21-32(35)9-1)51-42-12-3-6-14-45(42)53-52(54-51)55-46-15-7-4-13-43(46)50-40-26-23-36(29-38(40)24-27-47(50)55)33-17-19-34(20-18-33)37-25-28-49-44(31-37)41-11-5-8-16-48(41)56-49/h1-31H. The Hall–Kier alpha value is -7.14. The summed E-state index contributed by atoms with van der Waals surface area (Å²) in [5, 5.41) is 10.9. The first-order valence-electron chi connectivity index (χ1n) is 19.0. The van der Waals surface area contributed by atoms with E-state index >= 15 is 0 Å². The first-order valence-corrected chi connectivity index (χ1v) is 19.8. The van der Waals surface area contributed by atoms with Gasteiger partial charge in [-0.25, -0.2) is 9.97 Å². The molecule has 3 aromatic heterocycles. The summed E-state index contributed by atoms with van der Waals surface area (Å²) in [6, 6.07) is 68.0. The molecule has 0 saturated heterocycles. The van der Waals surface area contributed by atoms with Crippen LogP contribution in [0.1, 0.15) is 0 Å². The minimum atomic E-state index is 0.667. The molecule has 9 aromatic carbocycles. The van der Waals surface area contributed by atoms with Gasteiger partial charge in [-0.3, -0.25) is 4.57 Å². The monoisotopic (exact) mass is 729 g/mol. The highest BCUT2D eigenvalue weighted by atomic mass is 32.1. The summed E-state index contributed by atoms with van der Waals surface area (Å²) in [6.45, 7) is 0. The molecule has 0 saturated carbocycles. The molecule has 3 nitrogen and oxygen atoms in total. The van der Waals surface area contributed by atoms with Gasteiger partial charge in [0.15, 0.2) is 0 Å². The number of rotatable bonds is 4. The topological polar surface area (TPSA) is 30.7 Å². The molecule has 12 aromatic rings. The van der Waals surface area contributed by atoms with Gasteiger partial charge in [0.05, 0.1) is 22.2 Å². The van der Waals surface area contributed by atoms with E-state index in [-0.39, 0.29) is 0 Å². The third kappa shape index (κ3) is 4.83. The van der Waals surface area contributed by atoms with Crippen molar-refractivity contribution in [2.45, 2.75) is 0 Å². The van der Waals surface area contributed by atoms with E-state index in [0.29, 0.717) is 5.95 Å². The van der Waals surface area contributed by atoms with Crippen LogP contribution >= 0.6 is 11.3 Å². The van der Waals surface area contributed by atoms with Crippen molar-refractivity contribution in [2.75, 3.05) is 0 Å². The average Bonchev–Trinajstić information content (AvgIpc) is 3.81. The fourth-order valence-electron chi connectivity index (χ4n) is 8.67. The lowest BCUT2D eigenvalue weighted by molar-refractivity contribution is 1.01. The Kier molecular flexibility index (Phi) is 6.80. The molecule has 0 N–H and O–H groups in total. The highest BCUT2D eigenvalue weighted by Gasteiger charge is 2.19. The zero-order valence-electron chi connectivity index (χ0n) is 30.1. The van der Waals surface area contributed by atoms with Crippen LogP contribution in [0.25, 0.3) is 114 Å². The van der Waals surface area contributed by atoms with Crippen LogP contribution in [0.3, 0.4) is 0 Å². The fourth-order valence-corrected chi connectivity index (χ4v) is 9.76. The van der Waals surface area contributed by atoms with Gasteiger partial charge in [0.2, 0.25) is 5.95 Å². The molecule has 0 aliphatic heterocycles.